The van der Waals surface area contributed by atoms with E-state index in [4.69, 9.17) is 17.3 Å². The third kappa shape index (κ3) is 1.56. The van der Waals surface area contributed by atoms with E-state index in [-0.39, 0.29) is 22.9 Å². The van der Waals surface area contributed by atoms with Crippen LogP contribution in [0.4, 0.5) is 0 Å². The van der Waals surface area contributed by atoms with Gasteiger partial charge in [-0.3, -0.25) is 0 Å². The van der Waals surface area contributed by atoms with Crippen LogP contribution in [-0.4, -0.2) is 31.3 Å². The van der Waals surface area contributed by atoms with Crippen molar-refractivity contribution < 1.29 is 8.42 Å². The molecule has 0 aromatic heterocycles. The molecule has 0 radical (unpaired) electrons. The summed E-state index contributed by atoms with van der Waals surface area (Å²) in [4.78, 5) is 0. The van der Waals surface area contributed by atoms with Crippen LogP contribution in [0.5, 0.6) is 0 Å². The quantitative estimate of drug-likeness (QED) is 0.491. The molecule has 1 aliphatic rings. The summed E-state index contributed by atoms with van der Waals surface area (Å²) in [5.41, 5.74) is 5.34. The Morgan fingerprint density at radius 1 is 1.44 bits per heavy atom. The number of hydrogen-bond acceptors (Lipinski definition) is 3. The minimum absolute atomic E-state index is 0.0374. The highest BCUT2D eigenvalue weighted by atomic mass is 35.5. The highest BCUT2D eigenvalue weighted by molar-refractivity contribution is 7.91. The summed E-state index contributed by atoms with van der Waals surface area (Å²) in [5.74, 6) is 0.0802. The van der Waals surface area contributed by atoms with E-state index in [2.05, 4.69) is 0 Å². The van der Waals surface area contributed by atoms with Crippen molar-refractivity contribution in [3.8, 4) is 0 Å². The van der Waals surface area contributed by atoms with Gasteiger partial charge in [-0.2, -0.15) is 0 Å². The van der Waals surface area contributed by atoms with Crippen LogP contribution >= 0.6 is 11.6 Å². The minimum atomic E-state index is -2.90. The highest BCUT2D eigenvalue weighted by Crippen LogP contribution is 2.15. The lowest BCUT2D eigenvalue weighted by Crippen LogP contribution is -2.28. The molecule has 54 valence electrons. The Bertz CT molecular complexity index is 185. The number of alkyl halides is 1. The van der Waals surface area contributed by atoms with Crippen LogP contribution in [0.15, 0.2) is 0 Å². The van der Waals surface area contributed by atoms with Crippen LogP contribution < -0.4 is 5.73 Å². The molecule has 3 nitrogen and oxygen atoms in total. The van der Waals surface area contributed by atoms with Gasteiger partial charge in [-0.25, -0.2) is 8.42 Å². The first kappa shape index (κ1) is 7.31. The molecule has 1 fully saturated rings. The van der Waals surface area contributed by atoms with Gasteiger partial charge in [0.2, 0.25) is 0 Å². The van der Waals surface area contributed by atoms with E-state index in [1.165, 1.54) is 0 Å². The minimum Gasteiger partial charge on any atom is -0.326 e. The van der Waals surface area contributed by atoms with E-state index in [1.807, 2.05) is 0 Å². The SMILES string of the molecule is N[C@@H]1CS(=O)(=O)C[C@@H]1Cl. The van der Waals surface area contributed by atoms with Gasteiger partial charge in [0, 0.05) is 6.04 Å². The van der Waals surface area contributed by atoms with E-state index in [0.717, 1.165) is 0 Å². The molecule has 0 bridgehead atoms. The Morgan fingerprint density at radius 3 is 2.11 bits per heavy atom. The van der Waals surface area contributed by atoms with Gasteiger partial charge in [-0.1, -0.05) is 0 Å². The fourth-order valence-corrected chi connectivity index (χ4v) is 3.29. The number of sulfone groups is 1. The van der Waals surface area contributed by atoms with Gasteiger partial charge in [0.1, 0.15) is 0 Å². The second-order valence-electron chi connectivity index (χ2n) is 2.26. The summed E-state index contributed by atoms with van der Waals surface area (Å²) in [6.45, 7) is 0. The lowest BCUT2D eigenvalue weighted by molar-refractivity contribution is 0.601. The predicted octanol–water partition coefficient (Wildman–Crippen LogP) is -0.650. The molecule has 0 amide bonds. The predicted molar refractivity (Wildman–Crippen MR) is 36.3 cm³/mol. The van der Waals surface area contributed by atoms with Crippen LogP contribution in [-0.2, 0) is 9.84 Å². The molecule has 9 heavy (non-hydrogen) atoms. The van der Waals surface area contributed by atoms with Gasteiger partial charge in [0.25, 0.3) is 0 Å². The first-order chi connectivity index (χ1) is 4.01. The second-order valence-corrected chi connectivity index (χ2v) is 4.97. The van der Waals surface area contributed by atoms with E-state index in [0.29, 0.717) is 0 Å². The average molecular weight is 170 g/mol. The van der Waals surface area contributed by atoms with Crippen molar-refractivity contribution in [3.63, 3.8) is 0 Å². The van der Waals surface area contributed by atoms with E-state index in [9.17, 15) is 8.42 Å². The van der Waals surface area contributed by atoms with Gasteiger partial charge in [0.15, 0.2) is 9.84 Å². The monoisotopic (exact) mass is 169 g/mol. The molecular weight excluding hydrogens is 162 g/mol. The smallest absolute Gasteiger partial charge is 0.153 e. The summed E-state index contributed by atoms with van der Waals surface area (Å²) < 4.78 is 21.4. The molecule has 0 aromatic carbocycles. The molecule has 0 spiro atoms. The molecule has 2 atom stereocenters. The fraction of sp³-hybridized carbons (Fsp3) is 1.00. The zero-order valence-corrected chi connectivity index (χ0v) is 6.32. The van der Waals surface area contributed by atoms with Crippen molar-refractivity contribution in [3.05, 3.63) is 0 Å². The van der Waals surface area contributed by atoms with E-state index >= 15 is 0 Å². The molecule has 0 saturated carbocycles. The standard InChI is InChI=1S/C4H8ClNO2S/c5-3-1-9(7,8)2-4(3)6/h3-4H,1-2,6H2/t3-,4+/m0/s1. The van der Waals surface area contributed by atoms with Crippen molar-refractivity contribution in [1.29, 1.82) is 0 Å². The topological polar surface area (TPSA) is 60.2 Å². The molecule has 0 aromatic rings. The van der Waals surface area contributed by atoms with E-state index < -0.39 is 9.84 Å². The third-order valence-electron chi connectivity index (χ3n) is 1.32. The van der Waals surface area contributed by atoms with Crippen molar-refractivity contribution in [2.24, 2.45) is 5.73 Å². The molecule has 0 aliphatic carbocycles. The number of hydrogen-bond donors (Lipinski definition) is 1. The summed E-state index contributed by atoms with van der Waals surface area (Å²) in [6.07, 6.45) is 0. The van der Waals surface area contributed by atoms with Gasteiger partial charge in [0.05, 0.1) is 16.9 Å². The maximum Gasteiger partial charge on any atom is 0.153 e. The molecule has 1 rings (SSSR count). The Labute approximate surface area is 59.1 Å². The maximum absolute atomic E-state index is 10.7. The molecule has 1 saturated heterocycles. The Kier molecular flexibility index (Phi) is 1.71. The molecule has 1 heterocycles. The second kappa shape index (κ2) is 2.11. The van der Waals surface area contributed by atoms with Gasteiger partial charge in [-0.15, -0.1) is 11.6 Å². The Morgan fingerprint density at radius 2 is 2.00 bits per heavy atom. The Balaban J connectivity index is 2.77. The third-order valence-corrected chi connectivity index (χ3v) is 3.74. The van der Waals surface area contributed by atoms with Crippen LogP contribution in [0, 0.1) is 0 Å². The zero-order valence-electron chi connectivity index (χ0n) is 4.75. The van der Waals surface area contributed by atoms with Crippen LogP contribution in [0.1, 0.15) is 0 Å². The van der Waals surface area contributed by atoms with Crippen molar-refractivity contribution >= 4 is 21.4 Å². The van der Waals surface area contributed by atoms with Crippen molar-refractivity contribution in [2.45, 2.75) is 11.4 Å². The van der Waals surface area contributed by atoms with Gasteiger partial charge < -0.3 is 5.73 Å². The number of halogens is 1. The summed E-state index contributed by atoms with van der Waals surface area (Å²) >= 11 is 5.54. The molecular formula is C4H8ClNO2S. The summed E-state index contributed by atoms with van der Waals surface area (Å²) in [5, 5.41) is -0.380. The lowest BCUT2D eigenvalue weighted by atomic mass is 10.3. The first-order valence-corrected chi connectivity index (χ1v) is 4.87. The van der Waals surface area contributed by atoms with Crippen LogP contribution in [0.25, 0.3) is 0 Å². The zero-order chi connectivity index (χ0) is 7.07. The van der Waals surface area contributed by atoms with Crippen molar-refractivity contribution in [1.82, 2.24) is 0 Å². The van der Waals surface area contributed by atoms with Gasteiger partial charge in [-0.05, 0) is 0 Å². The largest absolute Gasteiger partial charge is 0.326 e. The molecule has 5 heteroatoms. The van der Waals surface area contributed by atoms with Crippen LogP contribution in [0.2, 0.25) is 0 Å². The molecule has 0 unspecified atom stereocenters. The summed E-state index contributed by atoms with van der Waals surface area (Å²) in [6, 6.07) is -0.364. The van der Waals surface area contributed by atoms with Crippen molar-refractivity contribution in [2.75, 3.05) is 11.5 Å². The molecule has 2 N–H and O–H groups in total. The number of nitrogens with two attached hydrogens (primary N) is 1. The average Bonchev–Trinajstić information content (AvgIpc) is 1.79. The first-order valence-electron chi connectivity index (χ1n) is 2.61. The normalized spacial score (nSPS) is 41.1. The Hall–Kier alpha value is 0.200. The molecule has 1 aliphatic heterocycles. The fourth-order valence-electron chi connectivity index (χ4n) is 0.832. The maximum atomic E-state index is 10.7. The number of rotatable bonds is 0. The highest BCUT2D eigenvalue weighted by Gasteiger charge is 2.33. The lowest BCUT2D eigenvalue weighted by Gasteiger charge is -2.00. The summed E-state index contributed by atoms with van der Waals surface area (Å²) in [7, 11) is -2.90. The van der Waals surface area contributed by atoms with Crippen LogP contribution in [0.3, 0.4) is 0 Å². The van der Waals surface area contributed by atoms with Gasteiger partial charge >= 0.3 is 0 Å². The van der Waals surface area contributed by atoms with E-state index in [1.54, 1.807) is 0 Å².